The average Bonchev–Trinajstić information content (AvgIpc) is 2.95. The molecule has 4 rings (SSSR count). The van der Waals surface area contributed by atoms with Crippen LogP contribution in [0.15, 0.2) is 55.1 Å². The number of carbonyl (C=O) groups is 1. The molecule has 0 saturated heterocycles. The molecule has 4 heteroatoms. The van der Waals surface area contributed by atoms with Crippen molar-refractivity contribution in [1.29, 1.82) is 0 Å². The lowest BCUT2D eigenvalue weighted by Crippen LogP contribution is -2.23. The summed E-state index contributed by atoms with van der Waals surface area (Å²) < 4.78 is 10.8. The lowest BCUT2D eigenvalue weighted by molar-refractivity contribution is -0.139. The van der Waals surface area contributed by atoms with Crippen LogP contribution in [0.1, 0.15) is 86.0 Å². The third-order valence-corrected chi connectivity index (χ3v) is 8.25. The first kappa shape index (κ1) is 26.5. The van der Waals surface area contributed by atoms with Crippen LogP contribution in [0.25, 0.3) is 0 Å². The molecule has 0 spiro atoms. The Morgan fingerprint density at radius 2 is 1.56 bits per heavy atom. The van der Waals surface area contributed by atoms with E-state index in [1.165, 1.54) is 74.5 Å². The van der Waals surface area contributed by atoms with Gasteiger partial charge in [0, 0.05) is 11.6 Å². The third-order valence-electron chi connectivity index (χ3n) is 8.25. The van der Waals surface area contributed by atoms with Gasteiger partial charge in [-0.2, -0.15) is 0 Å². The second-order valence-electron chi connectivity index (χ2n) is 10.6. The first-order valence-electron chi connectivity index (χ1n) is 13.9. The highest BCUT2D eigenvalue weighted by Gasteiger charge is 2.29. The molecule has 2 aromatic carbocycles. The van der Waals surface area contributed by atoms with Crippen LogP contribution in [0.3, 0.4) is 0 Å². The van der Waals surface area contributed by atoms with Crippen LogP contribution >= 0.6 is 0 Å². The van der Waals surface area contributed by atoms with Gasteiger partial charge in [0.25, 0.3) is 0 Å². The second kappa shape index (κ2) is 13.6. The predicted octanol–water partition coefficient (Wildman–Crippen LogP) is 6.93. The van der Waals surface area contributed by atoms with Crippen molar-refractivity contribution >= 4 is 5.97 Å². The Hall–Kier alpha value is -2.59. The van der Waals surface area contributed by atoms with Gasteiger partial charge in [0.2, 0.25) is 0 Å². The molecule has 2 aliphatic carbocycles. The minimum atomic E-state index is -0.462. The summed E-state index contributed by atoms with van der Waals surface area (Å²) in [4.78, 5) is 11.5. The number of hydrogen-bond donors (Lipinski definition) is 1. The minimum absolute atomic E-state index is 0.0639. The van der Waals surface area contributed by atoms with Crippen molar-refractivity contribution in [3.63, 3.8) is 0 Å². The van der Waals surface area contributed by atoms with Crippen LogP contribution in [-0.2, 0) is 29.0 Å². The Bertz CT molecular complexity index is 966. The fourth-order valence-corrected chi connectivity index (χ4v) is 6.18. The van der Waals surface area contributed by atoms with Crippen molar-refractivity contribution in [2.24, 2.45) is 11.8 Å². The van der Waals surface area contributed by atoms with Crippen molar-refractivity contribution < 1.29 is 19.4 Å². The zero-order valence-corrected chi connectivity index (χ0v) is 21.6. The van der Waals surface area contributed by atoms with E-state index >= 15 is 0 Å². The summed E-state index contributed by atoms with van der Waals surface area (Å²) in [5.41, 5.74) is 4.82. The Morgan fingerprint density at radius 3 is 2.25 bits per heavy atom. The highest BCUT2D eigenvalue weighted by Crippen LogP contribution is 2.42. The maximum atomic E-state index is 11.5. The number of ether oxygens (including phenoxy) is 2. The van der Waals surface area contributed by atoms with E-state index in [0.717, 1.165) is 42.2 Å². The number of aliphatic hydroxyl groups excluding tert-OH is 1. The summed E-state index contributed by atoms with van der Waals surface area (Å²) in [6.45, 7) is 3.71. The Labute approximate surface area is 216 Å². The molecule has 0 aliphatic heterocycles. The summed E-state index contributed by atoms with van der Waals surface area (Å²) in [6, 6.07) is 15.3. The van der Waals surface area contributed by atoms with Gasteiger partial charge in [-0.25, -0.2) is 4.79 Å². The van der Waals surface area contributed by atoms with Gasteiger partial charge in [0.1, 0.15) is 19.0 Å². The van der Waals surface area contributed by atoms with Crippen LogP contribution in [0.4, 0.5) is 0 Å². The molecule has 2 aromatic rings. The molecule has 2 aliphatic rings. The molecular weight excluding hydrogens is 448 g/mol. The highest BCUT2D eigenvalue weighted by molar-refractivity contribution is 5.81. The monoisotopic (exact) mass is 490 g/mol. The van der Waals surface area contributed by atoms with E-state index in [2.05, 4.69) is 30.8 Å². The number of benzene rings is 2. The number of carbonyl (C=O) groups excluding carboxylic acids is 1. The number of esters is 1. The summed E-state index contributed by atoms with van der Waals surface area (Å²) in [5.74, 6) is 2.88. The van der Waals surface area contributed by atoms with E-state index in [9.17, 15) is 4.79 Å². The molecule has 0 atom stereocenters. The molecule has 0 unspecified atom stereocenters. The largest absolute Gasteiger partial charge is 0.491 e. The van der Waals surface area contributed by atoms with Gasteiger partial charge in [-0.15, -0.1) is 0 Å². The first-order valence-corrected chi connectivity index (χ1v) is 13.9. The molecule has 2 fully saturated rings. The lowest BCUT2D eigenvalue weighted by Gasteiger charge is -2.36. The predicted molar refractivity (Wildman–Crippen MR) is 144 cm³/mol. The van der Waals surface area contributed by atoms with E-state index in [4.69, 9.17) is 14.6 Å². The van der Waals surface area contributed by atoms with Crippen molar-refractivity contribution in [3.05, 3.63) is 77.4 Å². The summed E-state index contributed by atoms with van der Waals surface area (Å²) in [6.07, 6.45) is 15.9. The van der Waals surface area contributed by atoms with Crippen molar-refractivity contribution in [3.8, 4) is 5.75 Å². The average molecular weight is 491 g/mol. The molecule has 36 heavy (non-hydrogen) atoms. The summed E-state index contributed by atoms with van der Waals surface area (Å²) in [5, 5.41) is 9.08. The third kappa shape index (κ3) is 7.46. The van der Waals surface area contributed by atoms with E-state index < -0.39 is 5.97 Å². The fourth-order valence-electron chi connectivity index (χ4n) is 6.18. The summed E-state index contributed by atoms with van der Waals surface area (Å²) in [7, 11) is 0. The Balaban J connectivity index is 1.30. The SMILES string of the molecule is C=CC(=O)OCc1cc(CCc2ccc(C3CCC(C4CCCCC4)CC3)cc2)ccc1OCCO. The van der Waals surface area contributed by atoms with Crippen molar-refractivity contribution in [2.75, 3.05) is 13.2 Å². The van der Waals surface area contributed by atoms with Gasteiger partial charge < -0.3 is 14.6 Å². The topological polar surface area (TPSA) is 55.8 Å². The number of aliphatic hydroxyl groups is 1. The smallest absolute Gasteiger partial charge is 0.330 e. The standard InChI is InChI=1S/C32H42O4/c1-2-32(34)36-23-30-22-25(12-19-31(30)35-21-20-33)9-8-24-10-13-27(14-11-24)29-17-15-28(16-18-29)26-6-4-3-5-7-26/h2,10-14,19,22,26,28-29,33H,1,3-9,15-18,20-21,23H2. The van der Waals surface area contributed by atoms with E-state index in [1.807, 2.05) is 18.2 Å². The van der Waals surface area contributed by atoms with Crippen LogP contribution in [-0.4, -0.2) is 24.3 Å². The quantitative estimate of drug-likeness (QED) is 0.274. The molecule has 2 saturated carbocycles. The van der Waals surface area contributed by atoms with Crippen LogP contribution < -0.4 is 4.74 Å². The van der Waals surface area contributed by atoms with Crippen LogP contribution in [0, 0.1) is 11.8 Å². The Morgan fingerprint density at radius 1 is 0.889 bits per heavy atom. The fraction of sp³-hybridized carbons (Fsp3) is 0.531. The second-order valence-corrected chi connectivity index (χ2v) is 10.6. The first-order chi connectivity index (χ1) is 17.7. The maximum Gasteiger partial charge on any atom is 0.330 e. The van der Waals surface area contributed by atoms with Gasteiger partial charge in [-0.05, 0) is 85.1 Å². The molecule has 1 N–H and O–H groups in total. The molecule has 0 heterocycles. The van der Waals surface area contributed by atoms with Gasteiger partial charge in [-0.1, -0.05) is 69.0 Å². The number of rotatable bonds is 11. The van der Waals surface area contributed by atoms with Gasteiger partial charge in [-0.3, -0.25) is 0 Å². The molecule has 0 bridgehead atoms. The molecular formula is C32H42O4. The van der Waals surface area contributed by atoms with E-state index in [1.54, 1.807) is 0 Å². The highest BCUT2D eigenvalue weighted by atomic mass is 16.5. The number of hydrogen-bond acceptors (Lipinski definition) is 4. The molecule has 0 amide bonds. The molecule has 0 radical (unpaired) electrons. The summed E-state index contributed by atoms with van der Waals surface area (Å²) >= 11 is 0. The lowest BCUT2D eigenvalue weighted by atomic mass is 9.70. The van der Waals surface area contributed by atoms with E-state index in [-0.39, 0.29) is 19.8 Å². The normalized spacial score (nSPS) is 20.6. The maximum absolute atomic E-state index is 11.5. The van der Waals surface area contributed by atoms with Crippen LogP contribution in [0.2, 0.25) is 0 Å². The van der Waals surface area contributed by atoms with E-state index in [0.29, 0.717) is 5.75 Å². The van der Waals surface area contributed by atoms with Crippen molar-refractivity contribution in [1.82, 2.24) is 0 Å². The van der Waals surface area contributed by atoms with Gasteiger partial charge >= 0.3 is 5.97 Å². The molecule has 0 aromatic heterocycles. The zero-order valence-electron chi connectivity index (χ0n) is 21.6. The van der Waals surface area contributed by atoms with Gasteiger partial charge in [0.05, 0.1) is 6.61 Å². The minimum Gasteiger partial charge on any atom is -0.491 e. The molecule has 194 valence electrons. The zero-order chi connectivity index (χ0) is 25.2. The Kier molecular flexibility index (Phi) is 10.0. The van der Waals surface area contributed by atoms with Gasteiger partial charge in [0.15, 0.2) is 0 Å². The number of aryl methyl sites for hydroxylation is 2. The van der Waals surface area contributed by atoms with Crippen LogP contribution in [0.5, 0.6) is 5.75 Å². The van der Waals surface area contributed by atoms with Crippen molar-refractivity contribution in [2.45, 2.75) is 83.2 Å². The molecule has 4 nitrogen and oxygen atoms in total.